The fourth-order valence-corrected chi connectivity index (χ4v) is 4.63. The minimum atomic E-state index is 0.204. The van der Waals surface area contributed by atoms with Gasteiger partial charge in [-0.25, -0.2) is 0 Å². The Morgan fingerprint density at radius 3 is 3.07 bits per heavy atom. The Kier molecular flexibility index (Phi) is 2.13. The van der Waals surface area contributed by atoms with Gasteiger partial charge in [-0.05, 0) is 28.4 Å². The Hall–Kier alpha value is -0.140. The van der Waals surface area contributed by atoms with Crippen molar-refractivity contribution in [2.75, 3.05) is 0 Å². The van der Waals surface area contributed by atoms with Crippen molar-refractivity contribution in [1.29, 1.82) is 0 Å². The highest BCUT2D eigenvalue weighted by molar-refractivity contribution is 8.03. The zero-order valence-electron chi connectivity index (χ0n) is 9.03. The zero-order valence-corrected chi connectivity index (χ0v) is 10.6. The van der Waals surface area contributed by atoms with Gasteiger partial charge in [0.2, 0.25) is 0 Å². The molecule has 3 aliphatic rings. The van der Waals surface area contributed by atoms with Gasteiger partial charge in [0.15, 0.2) is 0 Å². The average molecular weight is 239 g/mol. The number of halogens is 1. The lowest BCUT2D eigenvalue weighted by atomic mass is 9.78. The van der Waals surface area contributed by atoms with E-state index >= 15 is 0 Å². The van der Waals surface area contributed by atoms with Crippen LogP contribution in [-0.2, 0) is 0 Å². The molecule has 0 saturated heterocycles. The van der Waals surface area contributed by atoms with E-state index in [1.54, 1.807) is 5.57 Å². The van der Waals surface area contributed by atoms with E-state index in [1.807, 2.05) is 11.8 Å². The van der Waals surface area contributed by atoms with Crippen molar-refractivity contribution in [3.63, 3.8) is 0 Å². The van der Waals surface area contributed by atoms with Crippen LogP contribution in [0, 0.1) is 11.3 Å². The summed E-state index contributed by atoms with van der Waals surface area (Å²) < 4.78 is 0. The molecule has 0 amide bonds. The Labute approximate surface area is 100 Å². The van der Waals surface area contributed by atoms with Gasteiger partial charge in [0.25, 0.3) is 0 Å². The molecule has 1 aliphatic heterocycles. The topological polar surface area (TPSA) is 0 Å². The van der Waals surface area contributed by atoms with Gasteiger partial charge in [-0.1, -0.05) is 32.1 Å². The molecule has 80 valence electrons. The SMILES string of the molecule is CC1(C)C2=CC(Cl)CC=C2C2SC=CC21. The molecule has 0 radical (unpaired) electrons. The van der Waals surface area contributed by atoms with Crippen LogP contribution in [0.15, 0.2) is 34.8 Å². The number of rotatable bonds is 0. The van der Waals surface area contributed by atoms with Crippen LogP contribution >= 0.6 is 23.4 Å². The predicted octanol–water partition coefficient (Wildman–Crippen LogP) is 4.14. The molecule has 1 heterocycles. The molecule has 1 fully saturated rings. The molecule has 0 aromatic rings. The van der Waals surface area contributed by atoms with Crippen LogP contribution in [-0.4, -0.2) is 10.6 Å². The second-order valence-corrected chi connectivity index (χ2v) is 6.74. The van der Waals surface area contributed by atoms with Crippen LogP contribution in [0.5, 0.6) is 0 Å². The molecule has 0 aromatic carbocycles. The van der Waals surface area contributed by atoms with E-state index in [1.165, 1.54) is 5.57 Å². The Bertz CT molecular complexity index is 389. The molecule has 1 saturated carbocycles. The van der Waals surface area contributed by atoms with Crippen molar-refractivity contribution >= 4 is 23.4 Å². The third-order valence-corrected chi connectivity index (χ3v) is 5.35. The summed E-state index contributed by atoms with van der Waals surface area (Å²) in [5, 5.41) is 3.13. The number of hydrogen-bond acceptors (Lipinski definition) is 1. The van der Waals surface area contributed by atoms with E-state index in [0.717, 1.165) is 6.42 Å². The summed E-state index contributed by atoms with van der Waals surface area (Å²) >= 11 is 8.19. The lowest BCUT2D eigenvalue weighted by molar-refractivity contribution is 0.375. The van der Waals surface area contributed by atoms with E-state index < -0.39 is 0 Å². The lowest BCUT2D eigenvalue weighted by Crippen LogP contribution is -2.20. The van der Waals surface area contributed by atoms with E-state index in [0.29, 0.717) is 11.2 Å². The van der Waals surface area contributed by atoms with Gasteiger partial charge in [0, 0.05) is 11.2 Å². The third-order valence-electron chi connectivity index (χ3n) is 3.89. The van der Waals surface area contributed by atoms with Gasteiger partial charge in [-0.15, -0.1) is 23.4 Å². The number of allylic oxidation sites excluding steroid dienone is 4. The Balaban J connectivity index is 2.11. The summed E-state index contributed by atoms with van der Waals surface area (Å²) in [6, 6.07) is 0. The monoisotopic (exact) mass is 238 g/mol. The fourth-order valence-electron chi connectivity index (χ4n) is 3.02. The second-order valence-electron chi connectivity index (χ2n) is 5.12. The van der Waals surface area contributed by atoms with Crippen LogP contribution in [0.25, 0.3) is 0 Å². The summed E-state index contributed by atoms with van der Waals surface area (Å²) in [4.78, 5) is 0. The summed E-state index contributed by atoms with van der Waals surface area (Å²) in [6.07, 6.45) is 8.02. The molecule has 0 bridgehead atoms. The number of thioether (sulfide) groups is 1. The van der Waals surface area contributed by atoms with Crippen molar-refractivity contribution in [3.05, 3.63) is 34.8 Å². The van der Waals surface area contributed by atoms with E-state index in [-0.39, 0.29) is 10.8 Å². The van der Waals surface area contributed by atoms with Gasteiger partial charge in [0.05, 0.1) is 5.38 Å². The molecule has 0 spiro atoms. The summed E-state index contributed by atoms with van der Waals surface area (Å²) in [5.41, 5.74) is 3.32. The van der Waals surface area contributed by atoms with Crippen molar-refractivity contribution in [1.82, 2.24) is 0 Å². The molecule has 15 heavy (non-hydrogen) atoms. The van der Waals surface area contributed by atoms with Crippen molar-refractivity contribution in [3.8, 4) is 0 Å². The third kappa shape index (κ3) is 1.29. The summed E-state index contributed by atoms with van der Waals surface area (Å²) in [5.74, 6) is 0.668. The molecule has 2 heteroatoms. The molecule has 3 atom stereocenters. The normalized spacial score (nSPS) is 40.9. The Morgan fingerprint density at radius 1 is 1.47 bits per heavy atom. The van der Waals surface area contributed by atoms with Crippen molar-refractivity contribution in [2.45, 2.75) is 30.9 Å². The maximum absolute atomic E-state index is 6.22. The lowest BCUT2D eigenvalue weighted by Gasteiger charge is -2.27. The highest BCUT2D eigenvalue weighted by Crippen LogP contribution is 2.59. The molecule has 3 unspecified atom stereocenters. The van der Waals surface area contributed by atoms with Crippen LogP contribution in [0.2, 0.25) is 0 Å². The number of alkyl halides is 1. The molecule has 0 N–H and O–H groups in total. The summed E-state index contributed by atoms with van der Waals surface area (Å²) in [6.45, 7) is 4.70. The van der Waals surface area contributed by atoms with E-state index in [4.69, 9.17) is 11.6 Å². The van der Waals surface area contributed by atoms with Gasteiger partial charge in [0.1, 0.15) is 0 Å². The number of hydrogen-bond donors (Lipinski definition) is 0. The molecule has 3 rings (SSSR count). The minimum absolute atomic E-state index is 0.204. The molecular weight excluding hydrogens is 224 g/mol. The molecule has 0 aromatic heterocycles. The molecule has 0 nitrogen and oxygen atoms in total. The summed E-state index contributed by atoms with van der Waals surface area (Å²) in [7, 11) is 0. The Morgan fingerprint density at radius 2 is 2.27 bits per heavy atom. The highest BCUT2D eigenvalue weighted by Gasteiger charge is 2.49. The van der Waals surface area contributed by atoms with Crippen molar-refractivity contribution in [2.24, 2.45) is 11.3 Å². The first-order valence-corrected chi connectivity index (χ1v) is 6.87. The van der Waals surface area contributed by atoms with Crippen LogP contribution in [0.4, 0.5) is 0 Å². The first-order chi connectivity index (χ1) is 7.10. The smallest absolute Gasteiger partial charge is 0.0556 e. The number of fused-ring (bicyclic) bond motifs is 3. The zero-order chi connectivity index (χ0) is 10.6. The van der Waals surface area contributed by atoms with Crippen LogP contribution in [0.1, 0.15) is 20.3 Å². The van der Waals surface area contributed by atoms with Gasteiger partial charge in [-0.3, -0.25) is 0 Å². The van der Waals surface area contributed by atoms with Gasteiger partial charge in [-0.2, -0.15) is 0 Å². The quantitative estimate of drug-likeness (QED) is 0.572. The largest absolute Gasteiger partial charge is 0.126 e. The molecular formula is C13H15ClS. The van der Waals surface area contributed by atoms with E-state index in [2.05, 4.69) is 37.5 Å². The first kappa shape index (κ1) is 10.0. The highest BCUT2D eigenvalue weighted by atomic mass is 35.5. The van der Waals surface area contributed by atoms with Gasteiger partial charge < -0.3 is 0 Å². The van der Waals surface area contributed by atoms with Gasteiger partial charge >= 0.3 is 0 Å². The minimum Gasteiger partial charge on any atom is -0.126 e. The first-order valence-electron chi connectivity index (χ1n) is 5.49. The van der Waals surface area contributed by atoms with Crippen LogP contribution < -0.4 is 0 Å². The maximum Gasteiger partial charge on any atom is 0.0556 e. The second kappa shape index (κ2) is 3.18. The molecule has 2 aliphatic carbocycles. The van der Waals surface area contributed by atoms with Crippen LogP contribution in [0.3, 0.4) is 0 Å². The maximum atomic E-state index is 6.22. The van der Waals surface area contributed by atoms with Crippen molar-refractivity contribution < 1.29 is 0 Å². The average Bonchev–Trinajstić information content (AvgIpc) is 2.72. The fraction of sp³-hybridized carbons (Fsp3) is 0.538. The standard InChI is InChI=1S/C13H15ClS/c1-13(2)10-5-6-15-12(10)9-4-3-8(14)7-11(9)13/h4-8,10,12H,3H2,1-2H3. The predicted molar refractivity (Wildman–Crippen MR) is 68.2 cm³/mol. The van der Waals surface area contributed by atoms with E-state index in [9.17, 15) is 0 Å².